The molecule has 0 spiro atoms. The highest BCUT2D eigenvalue weighted by Gasteiger charge is 2.31. The molecule has 1 amide bonds. The normalized spacial score (nSPS) is 17.5. The average Bonchev–Trinajstić information content (AvgIpc) is 3.34. The Morgan fingerprint density at radius 2 is 2.38 bits per heavy atom. The number of aromatic amines is 1. The molecule has 124 valence electrons. The summed E-state index contributed by atoms with van der Waals surface area (Å²) in [5, 5.41) is 9.74. The first-order valence-electron chi connectivity index (χ1n) is 8.00. The molecule has 24 heavy (non-hydrogen) atoms. The summed E-state index contributed by atoms with van der Waals surface area (Å²) in [4.78, 5) is 19.2. The first kappa shape index (κ1) is 15.1. The molecule has 0 unspecified atom stereocenters. The molecular weight excluding hydrogens is 324 g/mol. The smallest absolute Gasteiger partial charge is 0.229 e. The number of hydrogen-bond acceptors (Lipinski definition) is 5. The molecule has 0 aromatic carbocycles. The zero-order valence-electron chi connectivity index (χ0n) is 13.4. The van der Waals surface area contributed by atoms with Crippen LogP contribution in [0.4, 0.5) is 0 Å². The van der Waals surface area contributed by atoms with E-state index in [1.54, 1.807) is 6.20 Å². The number of aryl methyl sites for hydroxylation is 1. The lowest BCUT2D eigenvalue weighted by Crippen LogP contribution is -2.32. The van der Waals surface area contributed by atoms with Gasteiger partial charge in [0, 0.05) is 18.1 Å². The first-order valence-corrected chi connectivity index (χ1v) is 8.88. The lowest BCUT2D eigenvalue weighted by atomic mass is 10.1. The second-order valence-corrected chi connectivity index (χ2v) is 6.85. The highest BCUT2D eigenvalue weighted by Crippen LogP contribution is 2.31. The highest BCUT2D eigenvalue weighted by atomic mass is 32.1. The number of rotatable bonds is 4. The van der Waals surface area contributed by atoms with Gasteiger partial charge < -0.3 is 9.32 Å². The molecule has 4 heterocycles. The van der Waals surface area contributed by atoms with Gasteiger partial charge in [0.05, 0.1) is 23.9 Å². The molecule has 1 saturated heterocycles. The predicted molar refractivity (Wildman–Crippen MR) is 90.5 cm³/mol. The summed E-state index contributed by atoms with van der Waals surface area (Å²) >= 11 is 1.51. The fourth-order valence-electron chi connectivity index (χ4n) is 3.15. The molecule has 0 saturated carbocycles. The fourth-order valence-corrected chi connectivity index (χ4v) is 3.93. The third-order valence-electron chi connectivity index (χ3n) is 4.29. The van der Waals surface area contributed by atoms with Crippen LogP contribution in [0.15, 0.2) is 34.2 Å². The van der Waals surface area contributed by atoms with Crippen molar-refractivity contribution >= 4 is 17.2 Å². The van der Waals surface area contributed by atoms with Crippen molar-refractivity contribution in [3.63, 3.8) is 0 Å². The third kappa shape index (κ3) is 2.87. The number of aromatic nitrogens is 3. The molecular formula is C17H18N4O2S. The zero-order chi connectivity index (χ0) is 16.5. The summed E-state index contributed by atoms with van der Waals surface area (Å²) in [6.07, 6.45) is 4.04. The maximum absolute atomic E-state index is 12.7. The number of nitrogens with zero attached hydrogens (tertiary/aromatic N) is 3. The molecule has 6 nitrogen and oxygen atoms in total. The molecule has 1 aliphatic heterocycles. The van der Waals surface area contributed by atoms with Gasteiger partial charge in [-0.2, -0.15) is 5.10 Å². The Morgan fingerprint density at radius 1 is 1.46 bits per heavy atom. The number of furan rings is 1. The van der Waals surface area contributed by atoms with Crippen molar-refractivity contribution in [2.75, 3.05) is 6.54 Å². The summed E-state index contributed by atoms with van der Waals surface area (Å²) in [7, 11) is 0. The molecule has 0 radical (unpaired) electrons. The molecule has 1 aliphatic rings. The summed E-state index contributed by atoms with van der Waals surface area (Å²) in [5.74, 6) is 1.73. The maximum Gasteiger partial charge on any atom is 0.229 e. The quantitative estimate of drug-likeness (QED) is 0.789. The minimum absolute atomic E-state index is 0.103. The van der Waals surface area contributed by atoms with Gasteiger partial charge in [-0.3, -0.25) is 9.89 Å². The van der Waals surface area contributed by atoms with E-state index in [-0.39, 0.29) is 11.9 Å². The van der Waals surface area contributed by atoms with Crippen LogP contribution in [0, 0.1) is 6.92 Å². The zero-order valence-corrected chi connectivity index (χ0v) is 14.2. The van der Waals surface area contributed by atoms with E-state index in [2.05, 4.69) is 15.2 Å². The van der Waals surface area contributed by atoms with Gasteiger partial charge in [-0.1, -0.05) is 0 Å². The van der Waals surface area contributed by atoms with Gasteiger partial charge in [0.1, 0.15) is 5.76 Å². The number of hydrogen-bond donors (Lipinski definition) is 1. The monoisotopic (exact) mass is 342 g/mol. The number of amides is 1. The van der Waals surface area contributed by atoms with E-state index in [1.165, 1.54) is 11.3 Å². The Kier molecular flexibility index (Phi) is 3.93. The van der Waals surface area contributed by atoms with Gasteiger partial charge in [-0.25, -0.2) is 4.98 Å². The van der Waals surface area contributed by atoms with E-state index < -0.39 is 0 Å². The maximum atomic E-state index is 12.7. The van der Waals surface area contributed by atoms with Crippen LogP contribution in [-0.4, -0.2) is 32.5 Å². The SMILES string of the molecule is Cc1ccc(-c2nc(CC(=O)N3CCC[C@H]3c3ccn[nH]3)cs2)o1. The summed E-state index contributed by atoms with van der Waals surface area (Å²) in [6.45, 7) is 2.70. The van der Waals surface area contributed by atoms with Crippen LogP contribution < -0.4 is 0 Å². The minimum atomic E-state index is 0.103. The topological polar surface area (TPSA) is 75.0 Å². The standard InChI is InChI=1S/C17H18N4O2S/c1-11-4-5-15(23-11)17-19-12(10-24-17)9-16(22)21-8-2-3-14(21)13-6-7-18-20-13/h4-7,10,14H,2-3,8-9H2,1H3,(H,18,20)/t14-/m0/s1. The van der Waals surface area contributed by atoms with E-state index in [9.17, 15) is 4.79 Å². The van der Waals surface area contributed by atoms with Crippen LogP contribution in [0.5, 0.6) is 0 Å². The van der Waals surface area contributed by atoms with Crippen molar-refractivity contribution in [2.24, 2.45) is 0 Å². The van der Waals surface area contributed by atoms with E-state index >= 15 is 0 Å². The predicted octanol–water partition coefficient (Wildman–Crippen LogP) is 3.34. The number of likely N-dealkylation sites (tertiary alicyclic amines) is 1. The molecule has 0 aliphatic carbocycles. The number of H-pyrrole nitrogens is 1. The van der Waals surface area contributed by atoms with E-state index in [4.69, 9.17) is 4.42 Å². The number of thiazole rings is 1. The molecule has 1 N–H and O–H groups in total. The van der Waals surface area contributed by atoms with Crippen LogP contribution in [0.25, 0.3) is 10.8 Å². The Bertz CT molecular complexity index is 837. The second kappa shape index (κ2) is 6.24. The van der Waals surface area contributed by atoms with E-state index in [0.717, 1.165) is 47.3 Å². The Balaban J connectivity index is 1.47. The van der Waals surface area contributed by atoms with Crippen molar-refractivity contribution in [3.05, 3.63) is 46.9 Å². The Hall–Kier alpha value is -2.41. The second-order valence-electron chi connectivity index (χ2n) is 5.99. The summed E-state index contributed by atoms with van der Waals surface area (Å²) in [6, 6.07) is 5.87. The van der Waals surface area contributed by atoms with Gasteiger partial charge in [0.15, 0.2) is 10.8 Å². The average molecular weight is 342 g/mol. The lowest BCUT2D eigenvalue weighted by molar-refractivity contribution is -0.131. The molecule has 0 bridgehead atoms. The minimum Gasteiger partial charge on any atom is -0.459 e. The van der Waals surface area contributed by atoms with Crippen molar-refractivity contribution in [1.29, 1.82) is 0 Å². The van der Waals surface area contributed by atoms with Gasteiger partial charge in [0.25, 0.3) is 0 Å². The van der Waals surface area contributed by atoms with E-state index in [1.807, 2.05) is 35.4 Å². The molecule has 1 fully saturated rings. The summed E-state index contributed by atoms with van der Waals surface area (Å²) in [5.41, 5.74) is 1.80. The van der Waals surface area contributed by atoms with Crippen LogP contribution in [0.1, 0.15) is 36.0 Å². The van der Waals surface area contributed by atoms with Crippen molar-refractivity contribution < 1.29 is 9.21 Å². The van der Waals surface area contributed by atoms with Crippen LogP contribution in [0.3, 0.4) is 0 Å². The van der Waals surface area contributed by atoms with Gasteiger partial charge >= 0.3 is 0 Å². The van der Waals surface area contributed by atoms with Crippen molar-refractivity contribution in [1.82, 2.24) is 20.1 Å². The molecule has 4 rings (SSSR count). The van der Waals surface area contributed by atoms with Crippen LogP contribution in [0.2, 0.25) is 0 Å². The molecule has 1 atom stereocenters. The Labute approximate surface area is 143 Å². The summed E-state index contributed by atoms with van der Waals surface area (Å²) < 4.78 is 5.60. The highest BCUT2D eigenvalue weighted by molar-refractivity contribution is 7.13. The molecule has 7 heteroatoms. The van der Waals surface area contributed by atoms with Crippen LogP contribution >= 0.6 is 11.3 Å². The third-order valence-corrected chi connectivity index (χ3v) is 5.20. The van der Waals surface area contributed by atoms with E-state index in [0.29, 0.717) is 6.42 Å². The van der Waals surface area contributed by atoms with Crippen LogP contribution in [-0.2, 0) is 11.2 Å². The van der Waals surface area contributed by atoms with Gasteiger partial charge in [0.2, 0.25) is 5.91 Å². The van der Waals surface area contributed by atoms with Gasteiger partial charge in [-0.15, -0.1) is 11.3 Å². The van der Waals surface area contributed by atoms with Gasteiger partial charge in [-0.05, 0) is 38.0 Å². The van der Waals surface area contributed by atoms with Crippen molar-refractivity contribution in [2.45, 2.75) is 32.2 Å². The number of nitrogens with one attached hydrogen (secondary N) is 1. The number of carbonyl (C=O) groups excluding carboxylic acids is 1. The molecule has 3 aromatic rings. The fraction of sp³-hybridized carbons (Fsp3) is 0.353. The first-order chi connectivity index (χ1) is 11.7. The largest absolute Gasteiger partial charge is 0.459 e. The Morgan fingerprint density at radius 3 is 3.12 bits per heavy atom. The molecule has 3 aromatic heterocycles. The number of carbonyl (C=O) groups is 1. The van der Waals surface area contributed by atoms with Crippen molar-refractivity contribution in [3.8, 4) is 10.8 Å². The lowest BCUT2D eigenvalue weighted by Gasteiger charge is -2.23.